The molecule has 4 rings (SSSR count). The van der Waals surface area contributed by atoms with Crippen LogP contribution in [0.3, 0.4) is 0 Å². The highest BCUT2D eigenvalue weighted by Crippen LogP contribution is 2.56. The smallest absolute Gasteiger partial charge is 0.231 e. The number of rotatable bonds is 0. The fraction of sp³-hybridized carbons (Fsp3) is 0.333. The predicted molar refractivity (Wildman–Crippen MR) is 65.6 cm³/mol. The van der Waals surface area contributed by atoms with Crippen LogP contribution in [-0.4, -0.2) is 6.79 Å². The highest BCUT2D eigenvalue weighted by atomic mass is 16.7. The molecule has 3 aliphatic rings. The van der Waals surface area contributed by atoms with Gasteiger partial charge in [0.1, 0.15) is 0 Å². The Morgan fingerprint density at radius 3 is 2.00 bits per heavy atom. The maximum atomic E-state index is 5.46. The van der Waals surface area contributed by atoms with Gasteiger partial charge in [0.05, 0.1) is 0 Å². The van der Waals surface area contributed by atoms with Crippen molar-refractivity contribution >= 4 is 0 Å². The lowest BCUT2D eigenvalue weighted by Gasteiger charge is -2.10. The van der Waals surface area contributed by atoms with Crippen LogP contribution < -0.4 is 9.47 Å². The summed E-state index contributed by atoms with van der Waals surface area (Å²) in [5, 5.41) is 0. The molecule has 0 radical (unpaired) electrons. The van der Waals surface area contributed by atoms with Crippen LogP contribution in [0.1, 0.15) is 36.8 Å². The van der Waals surface area contributed by atoms with Crippen molar-refractivity contribution in [1.82, 2.24) is 0 Å². The molecule has 0 fully saturated rings. The van der Waals surface area contributed by atoms with Crippen molar-refractivity contribution in [1.29, 1.82) is 0 Å². The number of benzene rings is 1. The Bertz CT molecular complexity index is 534. The maximum absolute atomic E-state index is 5.46. The second kappa shape index (κ2) is 2.95. The fourth-order valence-electron chi connectivity index (χ4n) is 3.30. The van der Waals surface area contributed by atoms with E-state index in [1.54, 1.807) is 5.57 Å². The average molecular weight is 226 g/mol. The zero-order valence-electron chi connectivity index (χ0n) is 9.99. The van der Waals surface area contributed by atoms with E-state index >= 15 is 0 Å². The van der Waals surface area contributed by atoms with Gasteiger partial charge in [0.2, 0.25) is 6.79 Å². The van der Waals surface area contributed by atoms with E-state index < -0.39 is 0 Å². The van der Waals surface area contributed by atoms with E-state index in [0.29, 0.717) is 18.6 Å². The first-order chi connectivity index (χ1) is 8.25. The molecule has 2 unspecified atom stereocenters. The fourth-order valence-corrected chi connectivity index (χ4v) is 3.30. The van der Waals surface area contributed by atoms with Crippen LogP contribution in [0.2, 0.25) is 0 Å². The third kappa shape index (κ3) is 1.05. The molecule has 2 nitrogen and oxygen atoms in total. The van der Waals surface area contributed by atoms with Crippen molar-refractivity contribution in [2.24, 2.45) is 0 Å². The Balaban J connectivity index is 1.95. The minimum absolute atomic E-state index is 0.358. The molecule has 2 atom stereocenters. The highest BCUT2D eigenvalue weighted by molar-refractivity contribution is 5.65. The predicted octanol–water partition coefficient (Wildman–Crippen LogP) is 3.50. The molecular weight excluding hydrogens is 212 g/mol. The van der Waals surface area contributed by atoms with Crippen LogP contribution in [0.5, 0.6) is 11.5 Å². The van der Waals surface area contributed by atoms with Crippen molar-refractivity contribution in [3.05, 3.63) is 46.6 Å². The standard InChI is InChI=1S/C15H14O2/c1-8(2)15-9-3-4-10(15)12-6-14-13(5-11(9)12)16-7-17-14/h3-6,9-10H,7H2,1-2H3. The lowest BCUT2D eigenvalue weighted by molar-refractivity contribution is 0.174. The molecule has 1 aliphatic heterocycles. The topological polar surface area (TPSA) is 18.5 Å². The van der Waals surface area contributed by atoms with Crippen LogP contribution in [0.4, 0.5) is 0 Å². The molecule has 2 heteroatoms. The summed E-state index contributed by atoms with van der Waals surface area (Å²) in [4.78, 5) is 0. The van der Waals surface area contributed by atoms with Crippen LogP contribution in [-0.2, 0) is 0 Å². The summed E-state index contributed by atoms with van der Waals surface area (Å²) in [5.74, 6) is 2.74. The third-order valence-electron chi connectivity index (χ3n) is 3.99. The van der Waals surface area contributed by atoms with E-state index in [4.69, 9.17) is 9.47 Å². The van der Waals surface area contributed by atoms with Crippen LogP contribution >= 0.6 is 0 Å². The maximum Gasteiger partial charge on any atom is 0.231 e. The van der Waals surface area contributed by atoms with Gasteiger partial charge in [0.25, 0.3) is 0 Å². The molecule has 0 N–H and O–H groups in total. The molecule has 0 saturated heterocycles. The van der Waals surface area contributed by atoms with Crippen molar-refractivity contribution in [3.8, 4) is 11.5 Å². The lowest BCUT2D eigenvalue weighted by Crippen LogP contribution is -1.93. The van der Waals surface area contributed by atoms with Crippen molar-refractivity contribution in [2.75, 3.05) is 6.79 Å². The minimum atomic E-state index is 0.358. The molecule has 0 spiro atoms. The zero-order valence-corrected chi connectivity index (χ0v) is 9.99. The second-order valence-electron chi connectivity index (χ2n) is 5.13. The summed E-state index contributed by atoms with van der Waals surface area (Å²) in [6, 6.07) is 4.32. The monoisotopic (exact) mass is 226 g/mol. The summed E-state index contributed by atoms with van der Waals surface area (Å²) < 4.78 is 10.9. The summed E-state index contributed by atoms with van der Waals surface area (Å²) in [5.41, 5.74) is 5.78. The second-order valence-corrected chi connectivity index (χ2v) is 5.13. The van der Waals surface area contributed by atoms with Gasteiger partial charge in [-0.15, -0.1) is 0 Å². The van der Waals surface area contributed by atoms with Crippen LogP contribution in [0.25, 0.3) is 0 Å². The van der Waals surface area contributed by atoms with E-state index in [0.717, 1.165) is 11.5 Å². The van der Waals surface area contributed by atoms with Crippen molar-refractivity contribution < 1.29 is 9.47 Å². The molecule has 0 aromatic heterocycles. The SMILES string of the molecule is CC(C)=C1C2C=CC1c1cc3c(cc12)OCO3. The number of allylic oxidation sites excluding steroid dienone is 4. The number of fused-ring (bicyclic) bond motifs is 6. The summed E-state index contributed by atoms with van der Waals surface area (Å²) in [6.45, 7) is 4.76. The summed E-state index contributed by atoms with van der Waals surface area (Å²) in [7, 11) is 0. The lowest BCUT2D eigenvalue weighted by atomic mass is 9.96. The minimum Gasteiger partial charge on any atom is -0.454 e. The Kier molecular flexibility index (Phi) is 1.62. The van der Waals surface area contributed by atoms with Crippen molar-refractivity contribution in [3.63, 3.8) is 0 Å². The highest BCUT2D eigenvalue weighted by Gasteiger charge is 2.39. The van der Waals surface area contributed by atoms with Gasteiger partial charge >= 0.3 is 0 Å². The van der Waals surface area contributed by atoms with E-state index in [2.05, 4.69) is 38.1 Å². The first-order valence-corrected chi connectivity index (χ1v) is 6.04. The molecule has 17 heavy (non-hydrogen) atoms. The molecule has 0 amide bonds. The first-order valence-electron chi connectivity index (χ1n) is 6.04. The summed E-state index contributed by atoms with van der Waals surface area (Å²) in [6.07, 6.45) is 4.63. The molecule has 1 heterocycles. The average Bonchev–Trinajstić information content (AvgIpc) is 2.98. The van der Waals surface area contributed by atoms with E-state index in [9.17, 15) is 0 Å². The van der Waals surface area contributed by atoms with E-state index in [-0.39, 0.29) is 0 Å². The molecule has 1 aromatic carbocycles. The third-order valence-corrected chi connectivity index (χ3v) is 3.99. The van der Waals surface area contributed by atoms with Gasteiger partial charge in [-0.25, -0.2) is 0 Å². The summed E-state index contributed by atoms with van der Waals surface area (Å²) >= 11 is 0. The largest absolute Gasteiger partial charge is 0.454 e. The molecule has 2 aliphatic carbocycles. The van der Waals surface area contributed by atoms with Gasteiger partial charge in [-0.05, 0) is 42.7 Å². The van der Waals surface area contributed by atoms with Gasteiger partial charge in [0.15, 0.2) is 11.5 Å². The Hall–Kier alpha value is -1.70. The molecule has 2 bridgehead atoms. The van der Waals surface area contributed by atoms with Gasteiger partial charge < -0.3 is 9.47 Å². The Labute approximate surface area is 101 Å². The van der Waals surface area contributed by atoms with Crippen LogP contribution in [0, 0.1) is 0 Å². The van der Waals surface area contributed by atoms with Gasteiger partial charge in [-0.3, -0.25) is 0 Å². The van der Waals surface area contributed by atoms with E-state index in [1.165, 1.54) is 16.7 Å². The molecule has 0 saturated carbocycles. The number of hydrogen-bond donors (Lipinski definition) is 0. The zero-order chi connectivity index (χ0) is 11.6. The number of ether oxygens (including phenoxy) is 2. The van der Waals surface area contributed by atoms with Gasteiger partial charge in [-0.2, -0.15) is 0 Å². The quantitative estimate of drug-likeness (QED) is 0.630. The van der Waals surface area contributed by atoms with Gasteiger partial charge in [-0.1, -0.05) is 17.7 Å². The Morgan fingerprint density at radius 1 is 1.00 bits per heavy atom. The van der Waals surface area contributed by atoms with E-state index in [1.807, 2.05) is 0 Å². The number of hydrogen-bond acceptors (Lipinski definition) is 2. The van der Waals surface area contributed by atoms with Gasteiger partial charge in [0, 0.05) is 11.8 Å². The molecular formula is C15H14O2. The van der Waals surface area contributed by atoms with Crippen molar-refractivity contribution in [2.45, 2.75) is 25.7 Å². The van der Waals surface area contributed by atoms with Crippen LogP contribution in [0.15, 0.2) is 35.4 Å². The Morgan fingerprint density at radius 2 is 1.53 bits per heavy atom. The molecule has 86 valence electrons. The first kappa shape index (κ1) is 9.34. The molecule has 1 aromatic rings. The normalized spacial score (nSPS) is 26.6.